The number of hydrogen-bond donors (Lipinski definition) is 0. The van der Waals surface area contributed by atoms with Gasteiger partial charge >= 0.3 is 0 Å². The van der Waals surface area contributed by atoms with Crippen molar-refractivity contribution in [1.29, 1.82) is 0 Å². The highest BCUT2D eigenvalue weighted by Gasteiger charge is 2.48. The third-order valence-electron chi connectivity index (χ3n) is 4.33. The average Bonchev–Trinajstić information content (AvgIpc) is 3.24. The molecule has 100 valence electrons. The first-order valence-electron chi connectivity index (χ1n) is 7.41. The molecule has 2 aromatic rings. The topological polar surface area (TPSA) is 9.23 Å². The van der Waals surface area contributed by atoms with Crippen LogP contribution < -0.4 is 0 Å². The number of benzene rings is 2. The molecule has 1 saturated carbocycles. The van der Waals surface area contributed by atoms with Crippen molar-refractivity contribution in [2.75, 3.05) is 6.61 Å². The minimum atomic E-state index is 0.374. The van der Waals surface area contributed by atoms with Crippen molar-refractivity contribution < 1.29 is 4.74 Å². The van der Waals surface area contributed by atoms with Crippen molar-refractivity contribution in [2.45, 2.75) is 18.9 Å². The van der Waals surface area contributed by atoms with Gasteiger partial charge in [-0.25, -0.2) is 0 Å². The van der Waals surface area contributed by atoms with E-state index in [1.54, 1.807) is 0 Å². The molecular weight excluding hydrogens is 244 g/mol. The largest absolute Gasteiger partial charge is 0.373 e. The Morgan fingerprint density at radius 1 is 0.850 bits per heavy atom. The normalized spacial score (nSPS) is 24.1. The van der Waals surface area contributed by atoms with Crippen LogP contribution in [-0.2, 0) is 4.74 Å². The summed E-state index contributed by atoms with van der Waals surface area (Å²) in [6, 6.07) is 21.5. The van der Waals surface area contributed by atoms with Crippen LogP contribution in [0.5, 0.6) is 0 Å². The first-order chi connectivity index (χ1) is 9.95. The van der Waals surface area contributed by atoms with Gasteiger partial charge in [-0.1, -0.05) is 60.7 Å². The predicted octanol–water partition coefficient (Wildman–Crippen LogP) is 4.30. The molecule has 0 amide bonds. The molecule has 1 aliphatic heterocycles. The van der Waals surface area contributed by atoms with Crippen molar-refractivity contribution in [3.8, 4) is 0 Å². The Kier molecular flexibility index (Phi) is 2.93. The van der Waals surface area contributed by atoms with Crippen LogP contribution in [0.15, 0.2) is 66.2 Å². The molecule has 2 aliphatic rings. The second-order valence-corrected chi connectivity index (χ2v) is 5.60. The van der Waals surface area contributed by atoms with E-state index in [4.69, 9.17) is 4.74 Å². The van der Waals surface area contributed by atoms with Crippen LogP contribution >= 0.6 is 0 Å². The van der Waals surface area contributed by atoms with E-state index < -0.39 is 0 Å². The van der Waals surface area contributed by atoms with Crippen LogP contribution in [0, 0.1) is 5.92 Å². The standard InChI is InChI=1S/C19H18O/c1-3-8-14(9-4-1)17(15-10-5-2-6-11-15)18-16-12-7-13-20-19(16)18/h1-6,8-11,16,19H,7,12-13H2. The van der Waals surface area contributed by atoms with Gasteiger partial charge in [-0.3, -0.25) is 0 Å². The van der Waals surface area contributed by atoms with Gasteiger partial charge in [0.15, 0.2) is 0 Å². The lowest BCUT2D eigenvalue weighted by Gasteiger charge is -2.08. The van der Waals surface area contributed by atoms with Crippen molar-refractivity contribution in [2.24, 2.45) is 5.92 Å². The van der Waals surface area contributed by atoms with Gasteiger partial charge in [0.1, 0.15) is 0 Å². The van der Waals surface area contributed by atoms with Crippen molar-refractivity contribution in [3.05, 3.63) is 77.4 Å². The van der Waals surface area contributed by atoms with E-state index in [0.29, 0.717) is 12.0 Å². The summed E-state index contributed by atoms with van der Waals surface area (Å²) < 4.78 is 5.93. The minimum absolute atomic E-state index is 0.374. The maximum atomic E-state index is 5.93. The van der Waals surface area contributed by atoms with E-state index in [2.05, 4.69) is 60.7 Å². The van der Waals surface area contributed by atoms with Crippen LogP contribution in [0.3, 0.4) is 0 Å². The molecule has 4 rings (SSSR count). The molecule has 1 heteroatoms. The van der Waals surface area contributed by atoms with Crippen molar-refractivity contribution in [3.63, 3.8) is 0 Å². The highest BCUT2D eigenvalue weighted by atomic mass is 16.5. The summed E-state index contributed by atoms with van der Waals surface area (Å²) >= 11 is 0. The lowest BCUT2D eigenvalue weighted by atomic mass is 9.96. The van der Waals surface area contributed by atoms with Crippen molar-refractivity contribution >= 4 is 5.57 Å². The van der Waals surface area contributed by atoms with E-state index in [9.17, 15) is 0 Å². The van der Waals surface area contributed by atoms with Gasteiger partial charge in [0.2, 0.25) is 0 Å². The summed E-state index contributed by atoms with van der Waals surface area (Å²) in [6.45, 7) is 0.918. The Morgan fingerprint density at radius 2 is 1.45 bits per heavy atom. The molecule has 2 unspecified atom stereocenters. The van der Waals surface area contributed by atoms with E-state index in [1.165, 1.54) is 35.1 Å². The smallest absolute Gasteiger partial charge is 0.0864 e. The first-order valence-corrected chi connectivity index (χ1v) is 7.41. The summed E-state index contributed by atoms with van der Waals surface area (Å²) in [4.78, 5) is 0. The summed E-state index contributed by atoms with van der Waals surface area (Å²) in [6.07, 6.45) is 2.85. The quantitative estimate of drug-likeness (QED) is 0.784. The van der Waals surface area contributed by atoms with Crippen LogP contribution in [0.4, 0.5) is 0 Å². The molecule has 2 atom stereocenters. The van der Waals surface area contributed by atoms with Gasteiger partial charge in [-0.2, -0.15) is 0 Å². The number of rotatable bonds is 2. The van der Waals surface area contributed by atoms with E-state index in [1.807, 2.05) is 0 Å². The molecule has 0 aromatic heterocycles. The number of hydrogen-bond acceptors (Lipinski definition) is 1. The SMILES string of the molecule is c1ccc(C(=C2C3CCCOC23)c2ccccc2)cc1. The predicted molar refractivity (Wildman–Crippen MR) is 81.4 cm³/mol. The van der Waals surface area contributed by atoms with Crippen LogP contribution in [0.1, 0.15) is 24.0 Å². The molecular formula is C19H18O. The molecule has 1 saturated heterocycles. The Hall–Kier alpha value is -1.86. The zero-order valence-electron chi connectivity index (χ0n) is 11.5. The molecule has 0 spiro atoms. The van der Waals surface area contributed by atoms with E-state index >= 15 is 0 Å². The number of ether oxygens (including phenoxy) is 1. The zero-order valence-corrected chi connectivity index (χ0v) is 11.5. The summed E-state index contributed by atoms with van der Waals surface area (Å²) in [5, 5.41) is 0. The maximum absolute atomic E-state index is 5.93. The fourth-order valence-electron chi connectivity index (χ4n) is 3.35. The van der Waals surface area contributed by atoms with Gasteiger partial charge < -0.3 is 4.74 Å². The third kappa shape index (κ3) is 1.99. The molecule has 1 nitrogen and oxygen atoms in total. The Bertz CT molecular complexity index is 572. The highest BCUT2D eigenvalue weighted by Crippen LogP contribution is 2.52. The van der Waals surface area contributed by atoms with Gasteiger partial charge in [0, 0.05) is 12.5 Å². The Balaban J connectivity index is 1.85. The number of fused-ring (bicyclic) bond motifs is 1. The molecule has 1 aliphatic carbocycles. The summed E-state index contributed by atoms with van der Waals surface area (Å²) in [7, 11) is 0. The first kappa shape index (κ1) is 11.9. The monoisotopic (exact) mass is 262 g/mol. The lowest BCUT2D eigenvalue weighted by molar-refractivity contribution is 0.0831. The van der Waals surface area contributed by atoms with Crippen molar-refractivity contribution in [1.82, 2.24) is 0 Å². The molecule has 0 radical (unpaired) electrons. The molecule has 20 heavy (non-hydrogen) atoms. The Morgan fingerprint density at radius 3 is 1.95 bits per heavy atom. The van der Waals surface area contributed by atoms with Gasteiger partial charge in [-0.05, 0) is 35.1 Å². The summed E-state index contributed by atoms with van der Waals surface area (Å²) in [5.41, 5.74) is 5.53. The molecule has 0 N–H and O–H groups in total. The van der Waals surface area contributed by atoms with Gasteiger partial charge in [0.05, 0.1) is 6.10 Å². The van der Waals surface area contributed by atoms with Crippen LogP contribution in [0.25, 0.3) is 5.57 Å². The summed E-state index contributed by atoms with van der Waals surface area (Å²) in [5.74, 6) is 0.652. The van der Waals surface area contributed by atoms with Gasteiger partial charge in [-0.15, -0.1) is 0 Å². The zero-order chi connectivity index (χ0) is 13.4. The Labute approximate surface area is 119 Å². The fourth-order valence-corrected chi connectivity index (χ4v) is 3.35. The van der Waals surface area contributed by atoms with Crippen LogP contribution in [0.2, 0.25) is 0 Å². The molecule has 0 bridgehead atoms. The average molecular weight is 262 g/mol. The fraction of sp³-hybridized carbons (Fsp3) is 0.263. The van der Waals surface area contributed by atoms with Gasteiger partial charge in [0.25, 0.3) is 0 Å². The minimum Gasteiger partial charge on any atom is -0.373 e. The lowest BCUT2D eigenvalue weighted by Crippen LogP contribution is -2.05. The maximum Gasteiger partial charge on any atom is 0.0864 e. The van der Waals surface area contributed by atoms with E-state index in [-0.39, 0.29) is 0 Å². The van der Waals surface area contributed by atoms with E-state index in [0.717, 1.165) is 6.61 Å². The molecule has 1 heterocycles. The highest BCUT2D eigenvalue weighted by molar-refractivity contribution is 5.85. The van der Waals surface area contributed by atoms with Crippen LogP contribution in [-0.4, -0.2) is 12.7 Å². The second kappa shape index (κ2) is 4.92. The molecule has 2 fully saturated rings. The molecule has 2 aromatic carbocycles. The second-order valence-electron chi connectivity index (χ2n) is 5.60. The third-order valence-corrected chi connectivity index (χ3v) is 4.33.